The molecule has 0 aliphatic carbocycles. The molecule has 2 rings (SSSR count). The van der Waals surface area contributed by atoms with Gasteiger partial charge in [0, 0.05) is 33.8 Å². The number of hydrogen-bond acceptors (Lipinski definition) is 2. The van der Waals surface area contributed by atoms with Crippen LogP contribution >= 0.6 is 23.2 Å². The molecule has 6 nitrogen and oxygen atoms in total. The van der Waals surface area contributed by atoms with Crippen molar-refractivity contribution in [1.82, 2.24) is 10.6 Å². The highest BCUT2D eigenvalue weighted by molar-refractivity contribution is 6.31. The molecule has 2 aromatic carbocycles. The van der Waals surface area contributed by atoms with E-state index >= 15 is 0 Å². The zero-order valence-corrected chi connectivity index (χ0v) is 13.9. The second-order valence-corrected chi connectivity index (χ2v) is 5.42. The van der Waals surface area contributed by atoms with E-state index in [-0.39, 0.29) is 0 Å². The third kappa shape index (κ3) is 6.20. The first-order valence-electron chi connectivity index (χ1n) is 6.84. The number of anilines is 2. The van der Waals surface area contributed by atoms with E-state index in [0.29, 0.717) is 21.4 Å². The minimum absolute atomic E-state index is 0.467. The average molecular weight is 365 g/mol. The van der Waals surface area contributed by atoms with E-state index in [4.69, 9.17) is 23.2 Å². The molecule has 124 valence electrons. The number of hydrogen-bond donors (Lipinski definition) is 4. The lowest BCUT2D eigenvalue weighted by Gasteiger charge is -2.06. The largest absolute Gasteiger partial charge is 0.323 e. The lowest BCUT2D eigenvalue weighted by molar-refractivity contribution is 0.253. The van der Waals surface area contributed by atoms with Gasteiger partial charge in [0.15, 0.2) is 0 Å². The predicted octanol–water partition coefficient (Wildman–Crippen LogP) is 4.41. The molecule has 0 aliphatic heterocycles. The molecule has 0 unspecified atom stereocenters. The van der Waals surface area contributed by atoms with Crippen molar-refractivity contribution >= 4 is 46.6 Å². The van der Waals surface area contributed by atoms with Gasteiger partial charge in [0.25, 0.3) is 0 Å². The van der Waals surface area contributed by atoms with Gasteiger partial charge in [-0.25, -0.2) is 9.59 Å². The van der Waals surface area contributed by atoms with Crippen molar-refractivity contribution in [2.24, 2.45) is 0 Å². The smallest absolute Gasteiger partial charge is 0.313 e. The Kier molecular flexibility index (Phi) is 6.48. The summed E-state index contributed by atoms with van der Waals surface area (Å²) in [7, 11) is 0. The molecule has 0 spiro atoms. The van der Waals surface area contributed by atoms with Crippen molar-refractivity contribution in [3.63, 3.8) is 0 Å². The van der Waals surface area contributed by atoms with Crippen LogP contribution in [0.25, 0.3) is 0 Å². The molecular formula is C16H14Cl2N4O2. The number of rotatable bonds is 4. The minimum Gasteiger partial charge on any atom is -0.313 e. The summed E-state index contributed by atoms with van der Waals surface area (Å²) < 4.78 is 0. The maximum atomic E-state index is 11.6. The number of carbonyl (C=O) groups is 2. The Labute approximate surface area is 148 Å². The molecule has 4 N–H and O–H groups in total. The Balaban J connectivity index is 1.73. The van der Waals surface area contributed by atoms with Crippen LogP contribution in [0, 0.1) is 0 Å². The fourth-order valence-corrected chi connectivity index (χ4v) is 2.08. The molecule has 2 aromatic rings. The van der Waals surface area contributed by atoms with E-state index in [2.05, 4.69) is 21.3 Å². The highest BCUT2D eigenvalue weighted by Gasteiger charge is 2.01. The third-order valence-corrected chi connectivity index (χ3v) is 3.15. The third-order valence-electron chi connectivity index (χ3n) is 2.68. The maximum Gasteiger partial charge on any atom is 0.323 e. The van der Waals surface area contributed by atoms with E-state index < -0.39 is 12.1 Å². The summed E-state index contributed by atoms with van der Waals surface area (Å²) in [5, 5.41) is 11.1. The van der Waals surface area contributed by atoms with Crippen LogP contribution in [-0.2, 0) is 0 Å². The predicted molar refractivity (Wildman–Crippen MR) is 96.4 cm³/mol. The van der Waals surface area contributed by atoms with Crippen molar-refractivity contribution in [3.05, 3.63) is 71.0 Å². The van der Waals surface area contributed by atoms with Crippen LogP contribution in [0.4, 0.5) is 21.0 Å². The Morgan fingerprint density at radius 2 is 1.17 bits per heavy atom. The standard InChI is InChI=1S/C16H14Cl2N4O2/c17-11-3-1-5-13(9-11)21-15(23)19-7-8-20-16(24)22-14-6-2-4-12(18)10-14/h1-10H,(H2,19,21,23)(H2,20,22,24)/b8-7-. The zero-order chi connectivity index (χ0) is 17.4. The molecule has 24 heavy (non-hydrogen) atoms. The van der Waals surface area contributed by atoms with Gasteiger partial charge >= 0.3 is 12.1 Å². The van der Waals surface area contributed by atoms with E-state index in [1.54, 1.807) is 48.5 Å². The fourth-order valence-electron chi connectivity index (χ4n) is 1.70. The van der Waals surface area contributed by atoms with Gasteiger partial charge in [-0.15, -0.1) is 0 Å². The molecule has 0 aliphatic rings. The molecule has 0 fully saturated rings. The van der Waals surface area contributed by atoms with Crippen LogP contribution in [0.1, 0.15) is 0 Å². The van der Waals surface area contributed by atoms with Crippen LogP contribution in [0.3, 0.4) is 0 Å². The van der Waals surface area contributed by atoms with Crippen LogP contribution in [0.2, 0.25) is 10.0 Å². The summed E-state index contributed by atoms with van der Waals surface area (Å²) in [6.45, 7) is 0. The molecule has 4 amide bonds. The second-order valence-electron chi connectivity index (χ2n) is 4.55. The van der Waals surface area contributed by atoms with Gasteiger partial charge in [0.05, 0.1) is 0 Å². The summed E-state index contributed by atoms with van der Waals surface area (Å²) in [4.78, 5) is 23.3. The highest BCUT2D eigenvalue weighted by atomic mass is 35.5. The Hall–Kier alpha value is -2.70. The first-order chi connectivity index (χ1) is 11.5. The zero-order valence-electron chi connectivity index (χ0n) is 12.3. The van der Waals surface area contributed by atoms with Crippen molar-refractivity contribution < 1.29 is 9.59 Å². The number of carbonyl (C=O) groups excluding carboxylic acids is 2. The van der Waals surface area contributed by atoms with Crippen molar-refractivity contribution in [3.8, 4) is 0 Å². The van der Waals surface area contributed by atoms with Crippen LogP contribution < -0.4 is 21.3 Å². The monoisotopic (exact) mass is 364 g/mol. The summed E-state index contributed by atoms with van der Waals surface area (Å²) in [5.74, 6) is 0. The van der Waals surface area contributed by atoms with E-state index in [1.165, 1.54) is 12.4 Å². The van der Waals surface area contributed by atoms with Gasteiger partial charge in [0.2, 0.25) is 0 Å². The van der Waals surface area contributed by atoms with E-state index in [9.17, 15) is 9.59 Å². The van der Waals surface area contributed by atoms with Crippen LogP contribution in [0.15, 0.2) is 60.9 Å². The Bertz CT molecular complexity index is 702. The molecule has 0 bridgehead atoms. The van der Waals surface area contributed by atoms with Gasteiger partial charge in [0.1, 0.15) is 0 Å². The first-order valence-corrected chi connectivity index (χ1v) is 7.60. The lowest BCUT2D eigenvalue weighted by atomic mass is 10.3. The Morgan fingerprint density at radius 3 is 1.54 bits per heavy atom. The van der Waals surface area contributed by atoms with Gasteiger partial charge in [-0.05, 0) is 36.4 Å². The van der Waals surface area contributed by atoms with Crippen LogP contribution in [0.5, 0.6) is 0 Å². The van der Waals surface area contributed by atoms with E-state index in [1.807, 2.05) is 0 Å². The van der Waals surface area contributed by atoms with Gasteiger partial charge < -0.3 is 21.3 Å². The molecule has 0 saturated carbocycles. The maximum absolute atomic E-state index is 11.6. The molecule has 0 saturated heterocycles. The normalized spacial score (nSPS) is 10.2. The van der Waals surface area contributed by atoms with Gasteiger partial charge in [-0.1, -0.05) is 35.3 Å². The highest BCUT2D eigenvalue weighted by Crippen LogP contribution is 2.15. The fraction of sp³-hybridized carbons (Fsp3) is 0. The molecule has 0 heterocycles. The first kappa shape index (κ1) is 17.7. The van der Waals surface area contributed by atoms with Crippen LogP contribution in [-0.4, -0.2) is 12.1 Å². The number of amides is 4. The SMILES string of the molecule is O=C(N/C=C\NC(=O)Nc1cccc(Cl)c1)Nc1cccc(Cl)c1. The molecule has 0 atom stereocenters. The van der Waals surface area contributed by atoms with Gasteiger partial charge in [-0.2, -0.15) is 0 Å². The second kappa shape index (κ2) is 8.81. The minimum atomic E-state index is -0.467. The van der Waals surface area contributed by atoms with E-state index in [0.717, 1.165) is 0 Å². The number of nitrogens with one attached hydrogen (secondary N) is 4. The average Bonchev–Trinajstić information content (AvgIpc) is 2.51. The number of halogens is 2. The van der Waals surface area contributed by atoms with Crippen molar-refractivity contribution in [2.75, 3.05) is 10.6 Å². The summed E-state index contributed by atoms with van der Waals surface area (Å²) in [6.07, 6.45) is 2.58. The quantitative estimate of drug-likeness (QED) is 0.647. The van der Waals surface area contributed by atoms with Crippen molar-refractivity contribution in [2.45, 2.75) is 0 Å². The summed E-state index contributed by atoms with van der Waals surface area (Å²) in [6, 6.07) is 12.5. The van der Waals surface area contributed by atoms with Gasteiger partial charge in [-0.3, -0.25) is 0 Å². The topological polar surface area (TPSA) is 82.3 Å². The molecular weight excluding hydrogens is 351 g/mol. The van der Waals surface area contributed by atoms with Crippen molar-refractivity contribution in [1.29, 1.82) is 0 Å². The molecule has 0 aromatic heterocycles. The number of benzene rings is 2. The summed E-state index contributed by atoms with van der Waals surface area (Å²) >= 11 is 11.6. The number of urea groups is 2. The molecule has 0 radical (unpaired) electrons. The molecule has 8 heteroatoms. The lowest BCUT2D eigenvalue weighted by Crippen LogP contribution is -2.27. The summed E-state index contributed by atoms with van der Waals surface area (Å²) in [5.41, 5.74) is 1.11. The Morgan fingerprint density at radius 1 is 0.750 bits per heavy atom.